The van der Waals surface area contributed by atoms with E-state index in [9.17, 15) is 18.0 Å². The predicted octanol–water partition coefficient (Wildman–Crippen LogP) is 2.71. The van der Waals surface area contributed by atoms with E-state index in [-0.39, 0.29) is 5.56 Å². The van der Waals surface area contributed by atoms with Crippen molar-refractivity contribution in [1.29, 1.82) is 0 Å². The summed E-state index contributed by atoms with van der Waals surface area (Å²) in [7, 11) is 0. The van der Waals surface area contributed by atoms with Crippen LogP contribution < -0.4 is 5.73 Å². The monoisotopic (exact) mass is 245 g/mol. The maximum Gasteiger partial charge on any atom is 0.413 e. The number of benzene rings is 1. The number of halogens is 3. The molecule has 1 unspecified atom stereocenters. The predicted molar refractivity (Wildman–Crippen MR) is 58.8 cm³/mol. The summed E-state index contributed by atoms with van der Waals surface area (Å²) < 4.78 is 37.8. The van der Waals surface area contributed by atoms with Gasteiger partial charge in [0.05, 0.1) is 0 Å². The Balaban J connectivity index is 3.12. The van der Waals surface area contributed by atoms with Crippen molar-refractivity contribution in [2.24, 2.45) is 5.73 Å². The Hall–Kier alpha value is -1.36. The number of carbonyl (C=O) groups excluding carboxylic acids is 1. The first-order valence-corrected chi connectivity index (χ1v) is 5.19. The van der Waals surface area contributed by atoms with E-state index in [1.54, 1.807) is 12.1 Å². The molecule has 0 aliphatic heterocycles. The van der Waals surface area contributed by atoms with Gasteiger partial charge in [0, 0.05) is 5.56 Å². The molecule has 0 heterocycles. The lowest BCUT2D eigenvalue weighted by molar-refractivity contribution is -0.165. The Morgan fingerprint density at radius 2 is 1.94 bits per heavy atom. The SMILES string of the molecule is CCc1cccc(C(=O)C(C)(N)C(F)(F)F)c1. The van der Waals surface area contributed by atoms with Gasteiger partial charge in [0.1, 0.15) is 0 Å². The Morgan fingerprint density at radius 1 is 1.35 bits per heavy atom. The summed E-state index contributed by atoms with van der Waals surface area (Å²) in [5, 5.41) is 0. The molecule has 0 bridgehead atoms. The highest BCUT2D eigenvalue weighted by atomic mass is 19.4. The standard InChI is InChI=1S/C12H14F3NO/c1-3-8-5-4-6-9(7-8)10(17)11(2,16)12(13,14)15/h4-7H,3,16H2,1-2H3. The molecule has 0 spiro atoms. The highest BCUT2D eigenvalue weighted by Crippen LogP contribution is 2.30. The number of aryl methyl sites for hydroxylation is 1. The number of Topliss-reactive ketones (excluding diaryl/α,β-unsaturated/α-hetero) is 1. The zero-order chi connectivity index (χ0) is 13.3. The zero-order valence-corrected chi connectivity index (χ0v) is 9.64. The molecule has 5 heteroatoms. The largest absolute Gasteiger partial charge is 0.413 e. The van der Waals surface area contributed by atoms with Gasteiger partial charge in [-0.05, 0) is 25.0 Å². The molecule has 94 valence electrons. The van der Waals surface area contributed by atoms with Crippen LogP contribution in [-0.2, 0) is 6.42 Å². The molecule has 2 N–H and O–H groups in total. The Labute approximate surface area is 97.6 Å². The molecule has 0 saturated carbocycles. The fourth-order valence-corrected chi connectivity index (χ4v) is 1.36. The molecule has 0 amide bonds. The summed E-state index contributed by atoms with van der Waals surface area (Å²) in [6.45, 7) is 2.54. The average molecular weight is 245 g/mol. The first-order valence-electron chi connectivity index (χ1n) is 5.19. The highest BCUT2D eigenvalue weighted by Gasteiger charge is 2.53. The van der Waals surface area contributed by atoms with Crippen molar-refractivity contribution in [2.45, 2.75) is 32.0 Å². The van der Waals surface area contributed by atoms with Crippen molar-refractivity contribution < 1.29 is 18.0 Å². The van der Waals surface area contributed by atoms with Gasteiger partial charge in [-0.2, -0.15) is 13.2 Å². The second-order valence-corrected chi connectivity index (χ2v) is 4.08. The summed E-state index contributed by atoms with van der Waals surface area (Å²) in [6.07, 6.45) is -4.11. The third-order valence-corrected chi connectivity index (χ3v) is 2.66. The van der Waals surface area contributed by atoms with Crippen molar-refractivity contribution in [3.63, 3.8) is 0 Å². The molecule has 0 radical (unpaired) electrons. The van der Waals surface area contributed by atoms with Crippen molar-refractivity contribution in [3.8, 4) is 0 Å². The van der Waals surface area contributed by atoms with Crippen LogP contribution in [0.4, 0.5) is 13.2 Å². The lowest BCUT2D eigenvalue weighted by Gasteiger charge is -2.26. The molecule has 0 aliphatic carbocycles. The van der Waals surface area contributed by atoms with Crippen molar-refractivity contribution >= 4 is 5.78 Å². The van der Waals surface area contributed by atoms with Crippen molar-refractivity contribution in [3.05, 3.63) is 35.4 Å². The lowest BCUT2D eigenvalue weighted by atomic mass is 9.90. The number of rotatable bonds is 3. The van der Waals surface area contributed by atoms with Crippen LogP contribution in [0.1, 0.15) is 29.8 Å². The van der Waals surface area contributed by atoms with E-state index in [2.05, 4.69) is 0 Å². The Bertz CT molecular complexity index is 424. The lowest BCUT2D eigenvalue weighted by Crippen LogP contribution is -2.57. The average Bonchev–Trinajstić information content (AvgIpc) is 2.26. The van der Waals surface area contributed by atoms with Gasteiger partial charge < -0.3 is 5.73 Å². The molecule has 0 fully saturated rings. The minimum absolute atomic E-state index is 0.00771. The van der Waals surface area contributed by atoms with Crippen LogP contribution in [0, 0.1) is 0 Å². The normalized spacial score (nSPS) is 15.4. The van der Waals surface area contributed by atoms with Gasteiger partial charge in [-0.1, -0.05) is 25.1 Å². The van der Waals surface area contributed by atoms with Crippen LogP contribution in [0.3, 0.4) is 0 Å². The van der Waals surface area contributed by atoms with E-state index in [1.807, 2.05) is 6.92 Å². The number of hydrogen-bond acceptors (Lipinski definition) is 2. The quantitative estimate of drug-likeness (QED) is 0.832. The van der Waals surface area contributed by atoms with Crippen molar-refractivity contribution in [2.75, 3.05) is 0 Å². The first-order chi connectivity index (χ1) is 7.70. The smallest absolute Gasteiger partial charge is 0.311 e. The van der Waals surface area contributed by atoms with E-state index in [1.165, 1.54) is 12.1 Å². The van der Waals surface area contributed by atoms with Gasteiger partial charge in [0.15, 0.2) is 11.3 Å². The maximum atomic E-state index is 12.6. The van der Waals surface area contributed by atoms with Crippen LogP contribution in [0.5, 0.6) is 0 Å². The minimum Gasteiger partial charge on any atom is -0.311 e. The zero-order valence-electron chi connectivity index (χ0n) is 9.64. The molecule has 1 rings (SSSR count). The summed E-state index contributed by atoms with van der Waals surface area (Å²) in [6, 6.07) is 6.09. The van der Waals surface area contributed by atoms with Crippen LogP contribution >= 0.6 is 0 Å². The number of alkyl halides is 3. The van der Waals surface area contributed by atoms with Gasteiger partial charge in [-0.3, -0.25) is 4.79 Å². The van der Waals surface area contributed by atoms with Crippen LogP contribution in [0.2, 0.25) is 0 Å². The summed E-state index contributed by atoms with van der Waals surface area (Å²) >= 11 is 0. The summed E-state index contributed by atoms with van der Waals surface area (Å²) in [4.78, 5) is 11.7. The molecular formula is C12H14F3NO. The van der Waals surface area contributed by atoms with Gasteiger partial charge >= 0.3 is 6.18 Å². The molecule has 0 aromatic heterocycles. The minimum atomic E-state index is -4.76. The molecule has 2 nitrogen and oxygen atoms in total. The second kappa shape index (κ2) is 4.49. The van der Waals surface area contributed by atoms with E-state index in [0.29, 0.717) is 13.3 Å². The van der Waals surface area contributed by atoms with Gasteiger partial charge in [-0.25, -0.2) is 0 Å². The van der Waals surface area contributed by atoms with Crippen LogP contribution in [0.15, 0.2) is 24.3 Å². The van der Waals surface area contributed by atoms with Gasteiger partial charge in [-0.15, -0.1) is 0 Å². The van der Waals surface area contributed by atoms with E-state index >= 15 is 0 Å². The molecule has 0 saturated heterocycles. The number of carbonyl (C=O) groups is 1. The number of nitrogens with two attached hydrogens (primary N) is 1. The van der Waals surface area contributed by atoms with Gasteiger partial charge in [0.25, 0.3) is 0 Å². The van der Waals surface area contributed by atoms with Crippen LogP contribution in [-0.4, -0.2) is 17.5 Å². The fourth-order valence-electron chi connectivity index (χ4n) is 1.36. The molecular weight excluding hydrogens is 231 g/mol. The highest BCUT2D eigenvalue weighted by molar-refractivity contribution is 6.03. The van der Waals surface area contributed by atoms with Crippen molar-refractivity contribution in [1.82, 2.24) is 0 Å². The summed E-state index contributed by atoms with van der Waals surface area (Å²) in [5.74, 6) is -1.11. The second-order valence-electron chi connectivity index (χ2n) is 4.08. The molecule has 1 atom stereocenters. The topological polar surface area (TPSA) is 43.1 Å². The van der Waals surface area contributed by atoms with E-state index in [0.717, 1.165) is 5.56 Å². The number of ketones is 1. The number of hydrogen-bond donors (Lipinski definition) is 1. The van der Waals surface area contributed by atoms with E-state index in [4.69, 9.17) is 5.73 Å². The summed E-state index contributed by atoms with van der Waals surface area (Å²) in [5.41, 5.74) is 3.03. The fraction of sp³-hybridized carbons (Fsp3) is 0.417. The maximum absolute atomic E-state index is 12.6. The van der Waals surface area contributed by atoms with E-state index < -0.39 is 17.5 Å². The molecule has 17 heavy (non-hydrogen) atoms. The first kappa shape index (κ1) is 13.7. The van der Waals surface area contributed by atoms with Gasteiger partial charge in [0.2, 0.25) is 0 Å². The molecule has 1 aromatic carbocycles. The van der Waals surface area contributed by atoms with Crippen LogP contribution in [0.25, 0.3) is 0 Å². The molecule has 1 aromatic rings. The Morgan fingerprint density at radius 3 is 2.41 bits per heavy atom. The third kappa shape index (κ3) is 2.66. The molecule has 0 aliphatic rings. The Kier molecular flexibility index (Phi) is 3.62. The third-order valence-electron chi connectivity index (χ3n) is 2.66.